The van der Waals surface area contributed by atoms with E-state index in [1.165, 1.54) is 0 Å². The Hall–Kier alpha value is -1.44. The van der Waals surface area contributed by atoms with E-state index in [1.807, 2.05) is 38.1 Å². The van der Waals surface area contributed by atoms with Gasteiger partial charge in [0, 0.05) is 12.4 Å². The maximum absolute atomic E-state index is 4.19. The van der Waals surface area contributed by atoms with Gasteiger partial charge in [0.2, 0.25) is 0 Å². The number of hydrogen-bond acceptors (Lipinski definition) is 2. The lowest BCUT2D eigenvalue weighted by atomic mass is 10.3. The van der Waals surface area contributed by atoms with Crippen molar-refractivity contribution in [1.82, 2.24) is 4.98 Å². The van der Waals surface area contributed by atoms with E-state index < -0.39 is 0 Å². The lowest BCUT2D eigenvalue weighted by Gasteiger charge is -1.97. The number of pyridine rings is 1. The summed E-state index contributed by atoms with van der Waals surface area (Å²) >= 11 is 0. The Morgan fingerprint density at radius 3 is 2.75 bits per heavy atom. The Kier molecular flexibility index (Phi) is 3.20. The number of aliphatic imine (C=N–C) groups is 1. The standard InChI is InChI=1S/C10H12N2/c1-3-9(11-4-2)10-7-5-6-8-12-10/h3-8H,1-2H3/b9-3-,11-4-. The first kappa shape index (κ1) is 8.65. The largest absolute Gasteiger partial charge is 0.260 e. The van der Waals surface area contributed by atoms with Crippen LogP contribution in [0.3, 0.4) is 0 Å². The quantitative estimate of drug-likeness (QED) is 0.610. The van der Waals surface area contributed by atoms with Gasteiger partial charge in [0.15, 0.2) is 0 Å². The maximum atomic E-state index is 4.19. The molecule has 1 aromatic heterocycles. The lowest BCUT2D eigenvalue weighted by Crippen LogP contribution is -1.84. The van der Waals surface area contributed by atoms with E-state index in [2.05, 4.69) is 9.98 Å². The highest BCUT2D eigenvalue weighted by atomic mass is 14.8. The molecule has 0 fully saturated rings. The molecule has 0 aliphatic heterocycles. The Morgan fingerprint density at radius 1 is 1.42 bits per heavy atom. The Morgan fingerprint density at radius 2 is 2.25 bits per heavy atom. The van der Waals surface area contributed by atoms with Crippen molar-refractivity contribution < 1.29 is 0 Å². The van der Waals surface area contributed by atoms with Crippen molar-refractivity contribution in [1.29, 1.82) is 0 Å². The van der Waals surface area contributed by atoms with Crippen molar-refractivity contribution >= 4 is 11.9 Å². The van der Waals surface area contributed by atoms with Gasteiger partial charge in [-0.2, -0.15) is 0 Å². The molecule has 12 heavy (non-hydrogen) atoms. The van der Waals surface area contributed by atoms with Crippen LogP contribution in [0.5, 0.6) is 0 Å². The molecular formula is C10H12N2. The zero-order valence-electron chi connectivity index (χ0n) is 7.36. The second-order valence-electron chi connectivity index (χ2n) is 2.28. The summed E-state index contributed by atoms with van der Waals surface area (Å²) in [6.07, 6.45) is 5.48. The Labute approximate surface area is 72.7 Å². The minimum absolute atomic E-state index is 0.915. The van der Waals surface area contributed by atoms with Crippen LogP contribution in [0.1, 0.15) is 19.5 Å². The van der Waals surface area contributed by atoms with Crippen LogP contribution in [-0.4, -0.2) is 11.2 Å². The number of allylic oxidation sites excluding steroid dienone is 1. The van der Waals surface area contributed by atoms with Crippen LogP contribution in [0.4, 0.5) is 0 Å². The molecule has 0 aliphatic rings. The summed E-state index contributed by atoms with van der Waals surface area (Å²) in [7, 11) is 0. The normalized spacial score (nSPS) is 12.3. The van der Waals surface area contributed by atoms with Crippen molar-refractivity contribution in [2.24, 2.45) is 4.99 Å². The van der Waals surface area contributed by atoms with Crippen LogP contribution in [0.15, 0.2) is 35.5 Å². The second-order valence-corrected chi connectivity index (χ2v) is 2.28. The van der Waals surface area contributed by atoms with Gasteiger partial charge in [-0.25, -0.2) is 0 Å². The average Bonchev–Trinajstić information content (AvgIpc) is 2.15. The van der Waals surface area contributed by atoms with Gasteiger partial charge >= 0.3 is 0 Å². The SMILES string of the molecule is C/C=N\C(=C/C)c1ccccn1. The van der Waals surface area contributed by atoms with Crippen molar-refractivity contribution in [2.75, 3.05) is 0 Å². The molecular weight excluding hydrogens is 148 g/mol. The molecule has 0 radical (unpaired) electrons. The van der Waals surface area contributed by atoms with Crippen molar-refractivity contribution in [3.8, 4) is 0 Å². The Bertz CT molecular complexity index is 286. The smallest absolute Gasteiger partial charge is 0.0882 e. The molecule has 0 aliphatic carbocycles. The van der Waals surface area contributed by atoms with Crippen molar-refractivity contribution in [3.63, 3.8) is 0 Å². The van der Waals surface area contributed by atoms with Crippen LogP contribution in [-0.2, 0) is 0 Å². The molecule has 0 saturated carbocycles. The number of rotatable bonds is 2. The van der Waals surface area contributed by atoms with Crippen molar-refractivity contribution in [3.05, 3.63) is 36.2 Å². The molecule has 0 N–H and O–H groups in total. The highest BCUT2D eigenvalue weighted by Gasteiger charge is 1.95. The van der Waals surface area contributed by atoms with E-state index in [0.717, 1.165) is 11.4 Å². The first-order chi connectivity index (χ1) is 5.88. The summed E-state index contributed by atoms with van der Waals surface area (Å²) in [5.74, 6) is 0. The Balaban J connectivity index is 2.97. The third-order valence-electron chi connectivity index (χ3n) is 1.47. The molecule has 1 heterocycles. The van der Waals surface area contributed by atoms with E-state index in [1.54, 1.807) is 12.4 Å². The molecule has 1 rings (SSSR count). The zero-order chi connectivity index (χ0) is 8.81. The predicted octanol–water partition coefficient (Wildman–Crippen LogP) is 2.53. The predicted molar refractivity (Wildman–Crippen MR) is 52.1 cm³/mol. The third kappa shape index (κ3) is 2.02. The van der Waals surface area contributed by atoms with Gasteiger partial charge in [0.05, 0.1) is 11.4 Å². The fourth-order valence-electron chi connectivity index (χ4n) is 0.942. The van der Waals surface area contributed by atoms with E-state index in [9.17, 15) is 0 Å². The maximum Gasteiger partial charge on any atom is 0.0882 e. The molecule has 0 saturated heterocycles. The second kappa shape index (κ2) is 4.44. The molecule has 0 spiro atoms. The summed E-state index contributed by atoms with van der Waals surface area (Å²) in [4.78, 5) is 8.37. The van der Waals surface area contributed by atoms with Gasteiger partial charge in [0.1, 0.15) is 0 Å². The monoisotopic (exact) mass is 160 g/mol. The molecule has 1 aromatic rings. The summed E-state index contributed by atoms with van der Waals surface area (Å²) in [6.45, 7) is 3.85. The van der Waals surface area contributed by atoms with Gasteiger partial charge in [-0.1, -0.05) is 12.1 Å². The molecule has 0 aromatic carbocycles. The first-order valence-corrected chi connectivity index (χ1v) is 3.95. The van der Waals surface area contributed by atoms with Crippen molar-refractivity contribution in [2.45, 2.75) is 13.8 Å². The van der Waals surface area contributed by atoms with E-state index in [0.29, 0.717) is 0 Å². The van der Waals surface area contributed by atoms with Gasteiger partial charge in [-0.3, -0.25) is 9.98 Å². The highest BCUT2D eigenvalue weighted by Crippen LogP contribution is 2.10. The molecule has 0 atom stereocenters. The molecule has 2 nitrogen and oxygen atoms in total. The zero-order valence-corrected chi connectivity index (χ0v) is 7.36. The van der Waals surface area contributed by atoms with Gasteiger partial charge in [-0.15, -0.1) is 0 Å². The molecule has 0 amide bonds. The van der Waals surface area contributed by atoms with Crippen LogP contribution < -0.4 is 0 Å². The van der Waals surface area contributed by atoms with Crippen LogP contribution >= 0.6 is 0 Å². The van der Waals surface area contributed by atoms with Crippen LogP contribution in [0.2, 0.25) is 0 Å². The minimum Gasteiger partial charge on any atom is -0.260 e. The highest BCUT2D eigenvalue weighted by molar-refractivity contribution is 5.70. The van der Waals surface area contributed by atoms with E-state index >= 15 is 0 Å². The van der Waals surface area contributed by atoms with Gasteiger partial charge in [-0.05, 0) is 26.0 Å². The minimum atomic E-state index is 0.915. The summed E-state index contributed by atoms with van der Waals surface area (Å²) in [6, 6.07) is 5.80. The first-order valence-electron chi connectivity index (χ1n) is 3.95. The summed E-state index contributed by atoms with van der Waals surface area (Å²) < 4.78 is 0. The average molecular weight is 160 g/mol. The van der Waals surface area contributed by atoms with E-state index in [-0.39, 0.29) is 0 Å². The fraction of sp³-hybridized carbons (Fsp3) is 0.200. The molecule has 0 bridgehead atoms. The molecule has 0 unspecified atom stereocenters. The third-order valence-corrected chi connectivity index (χ3v) is 1.47. The topological polar surface area (TPSA) is 25.2 Å². The lowest BCUT2D eigenvalue weighted by molar-refractivity contribution is 1.25. The number of aromatic nitrogens is 1. The van der Waals surface area contributed by atoms with Gasteiger partial charge in [0.25, 0.3) is 0 Å². The van der Waals surface area contributed by atoms with Crippen LogP contribution in [0, 0.1) is 0 Å². The fourth-order valence-corrected chi connectivity index (χ4v) is 0.942. The summed E-state index contributed by atoms with van der Waals surface area (Å²) in [5, 5.41) is 0. The molecule has 62 valence electrons. The summed E-state index contributed by atoms with van der Waals surface area (Å²) in [5.41, 5.74) is 1.83. The van der Waals surface area contributed by atoms with E-state index in [4.69, 9.17) is 0 Å². The number of nitrogens with zero attached hydrogens (tertiary/aromatic N) is 2. The van der Waals surface area contributed by atoms with Crippen LogP contribution in [0.25, 0.3) is 5.70 Å². The number of hydrogen-bond donors (Lipinski definition) is 0. The molecule has 2 heteroatoms. The van der Waals surface area contributed by atoms with Gasteiger partial charge < -0.3 is 0 Å².